The van der Waals surface area contributed by atoms with Gasteiger partial charge in [0, 0.05) is 0 Å². The van der Waals surface area contributed by atoms with Crippen LogP contribution in [0.25, 0.3) is 27.8 Å². The Morgan fingerprint density at radius 3 is 1.96 bits per heavy atom. The predicted octanol–water partition coefficient (Wildman–Crippen LogP) is 7.47. The van der Waals surface area contributed by atoms with Crippen LogP contribution in [0.2, 0.25) is 0 Å². The molecule has 0 saturated heterocycles. The number of aryl methyl sites for hydroxylation is 1. The van der Waals surface area contributed by atoms with E-state index in [0.717, 1.165) is 5.57 Å². The van der Waals surface area contributed by atoms with Gasteiger partial charge < -0.3 is 0 Å². The highest BCUT2D eigenvalue weighted by atomic mass is 14.1. The first-order chi connectivity index (χ1) is 12.7. The molecule has 0 aliphatic carbocycles. The van der Waals surface area contributed by atoms with Crippen LogP contribution < -0.4 is 0 Å². The molecule has 0 aliphatic rings. The molecule has 0 fully saturated rings. The monoisotopic (exact) mass is 336 g/mol. The van der Waals surface area contributed by atoms with E-state index in [1.165, 1.54) is 33.4 Å². The van der Waals surface area contributed by atoms with Gasteiger partial charge in [0.25, 0.3) is 0 Å². The van der Waals surface area contributed by atoms with Gasteiger partial charge in [-0.05, 0) is 65.4 Å². The van der Waals surface area contributed by atoms with Crippen molar-refractivity contribution in [3.8, 4) is 22.3 Å². The molecule has 0 spiro atoms. The van der Waals surface area contributed by atoms with Crippen LogP contribution in [-0.4, -0.2) is 0 Å². The molecular formula is C26H24. The summed E-state index contributed by atoms with van der Waals surface area (Å²) in [6, 6.07) is 26.0. The molecule has 0 aliphatic heterocycles. The van der Waals surface area contributed by atoms with E-state index >= 15 is 0 Å². The van der Waals surface area contributed by atoms with Gasteiger partial charge in [0.05, 0.1) is 0 Å². The Kier molecular flexibility index (Phi) is 5.66. The lowest BCUT2D eigenvalue weighted by atomic mass is 9.92. The highest BCUT2D eigenvalue weighted by Crippen LogP contribution is 2.31. The Morgan fingerprint density at radius 2 is 1.38 bits per heavy atom. The van der Waals surface area contributed by atoms with Gasteiger partial charge in [0.2, 0.25) is 0 Å². The molecule has 0 heteroatoms. The van der Waals surface area contributed by atoms with Crippen LogP contribution in [0.15, 0.2) is 104 Å². The summed E-state index contributed by atoms with van der Waals surface area (Å²) in [5, 5.41) is 0. The first kappa shape index (κ1) is 17.7. The van der Waals surface area contributed by atoms with Gasteiger partial charge in [-0.3, -0.25) is 0 Å². The molecule has 0 radical (unpaired) electrons. The lowest BCUT2D eigenvalue weighted by molar-refractivity contribution is 1.46. The van der Waals surface area contributed by atoms with Gasteiger partial charge in [0.1, 0.15) is 0 Å². The molecule has 0 saturated carbocycles. The lowest BCUT2D eigenvalue weighted by Gasteiger charge is -2.12. The first-order valence-corrected chi connectivity index (χ1v) is 8.94. The van der Waals surface area contributed by atoms with E-state index in [1.54, 1.807) is 0 Å². The predicted molar refractivity (Wildman–Crippen MR) is 115 cm³/mol. The van der Waals surface area contributed by atoms with Crippen molar-refractivity contribution in [1.29, 1.82) is 0 Å². The summed E-state index contributed by atoms with van der Waals surface area (Å²) in [4.78, 5) is 0. The maximum absolute atomic E-state index is 3.87. The average Bonchev–Trinajstić information content (AvgIpc) is 2.69. The summed E-state index contributed by atoms with van der Waals surface area (Å²) in [5.41, 5.74) is 8.52. The maximum Gasteiger partial charge on any atom is -0.0172 e. The van der Waals surface area contributed by atoms with E-state index in [1.807, 2.05) is 13.0 Å². The molecule has 0 bridgehead atoms. The molecule has 26 heavy (non-hydrogen) atoms. The average molecular weight is 336 g/mol. The molecule has 0 N–H and O–H groups in total. The SMILES string of the molecule is C=CC=C(C=CC)c1cc(-c2ccccc2)cc(-c2ccc(C)cc2)c1. The fraction of sp³-hybridized carbons (Fsp3) is 0.0769. The molecule has 0 unspecified atom stereocenters. The van der Waals surface area contributed by atoms with Crippen molar-refractivity contribution in [3.63, 3.8) is 0 Å². The van der Waals surface area contributed by atoms with Crippen LogP contribution in [0.3, 0.4) is 0 Å². The molecular weight excluding hydrogens is 312 g/mol. The Hall–Kier alpha value is -3.12. The van der Waals surface area contributed by atoms with E-state index in [2.05, 4.69) is 105 Å². The zero-order chi connectivity index (χ0) is 18.4. The molecule has 0 nitrogen and oxygen atoms in total. The van der Waals surface area contributed by atoms with E-state index in [4.69, 9.17) is 0 Å². The molecule has 128 valence electrons. The van der Waals surface area contributed by atoms with Gasteiger partial charge in [-0.25, -0.2) is 0 Å². The summed E-state index contributed by atoms with van der Waals surface area (Å²) in [6.07, 6.45) is 8.10. The Bertz CT molecular complexity index is 939. The molecule has 0 heterocycles. The second-order valence-corrected chi connectivity index (χ2v) is 6.39. The normalized spacial score (nSPS) is 11.7. The smallest absolute Gasteiger partial charge is 0.0172 e. The molecule has 3 aromatic rings. The summed E-state index contributed by atoms with van der Waals surface area (Å²) in [5.74, 6) is 0. The number of hydrogen-bond donors (Lipinski definition) is 0. The van der Waals surface area contributed by atoms with Gasteiger partial charge in [0.15, 0.2) is 0 Å². The van der Waals surface area contributed by atoms with Gasteiger partial charge in [-0.1, -0.05) is 91.0 Å². The number of benzene rings is 3. The Morgan fingerprint density at radius 1 is 0.769 bits per heavy atom. The molecule has 3 aromatic carbocycles. The van der Waals surface area contributed by atoms with Gasteiger partial charge in [-0.15, -0.1) is 0 Å². The van der Waals surface area contributed by atoms with E-state index in [0.29, 0.717) is 0 Å². The van der Waals surface area contributed by atoms with Crippen molar-refractivity contribution in [2.24, 2.45) is 0 Å². The fourth-order valence-electron chi connectivity index (χ4n) is 3.06. The molecule has 3 rings (SSSR count). The topological polar surface area (TPSA) is 0 Å². The van der Waals surface area contributed by atoms with Crippen LogP contribution in [-0.2, 0) is 0 Å². The van der Waals surface area contributed by atoms with E-state index in [-0.39, 0.29) is 0 Å². The second kappa shape index (κ2) is 8.31. The van der Waals surface area contributed by atoms with Crippen molar-refractivity contribution in [3.05, 3.63) is 115 Å². The minimum atomic E-state index is 1.16. The quantitative estimate of drug-likeness (QED) is 0.424. The summed E-state index contributed by atoms with van der Waals surface area (Å²) in [7, 11) is 0. The van der Waals surface area contributed by atoms with E-state index < -0.39 is 0 Å². The van der Waals surface area contributed by atoms with Crippen LogP contribution in [0.1, 0.15) is 18.1 Å². The van der Waals surface area contributed by atoms with Crippen molar-refractivity contribution in [2.45, 2.75) is 13.8 Å². The third-order valence-corrected chi connectivity index (χ3v) is 4.40. The molecule has 0 aromatic heterocycles. The van der Waals surface area contributed by atoms with Crippen LogP contribution in [0.5, 0.6) is 0 Å². The highest BCUT2D eigenvalue weighted by Gasteiger charge is 2.07. The fourth-order valence-corrected chi connectivity index (χ4v) is 3.06. The summed E-state index contributed by atoms with van der Waals surface area (Å²) < 4.78 is 0. The number of hydrogen-bond acceptors (Lipinski definition) is 0. The third kappa shape index (κ3) is 4.10. The second-order valence-electron chi connectivity index (χ2n) is 6.39. The first-order valence-electron chi connectivity index (χ1n) is 8.94. The lowest BCUT2D eigenvalue weighted by Crippen LogP contribution is -1.88. The van der Waals surface area contributed by atoms with Gasteiger partial charge >= 0.3 is 0 Å². The Balaban J connectivity index is 2.21. The van der Waals surface area contributed by atoms with E-state index in [9.17, 15) is 0 Å². The number of allylic oxidation sites excluding steroid dienone is 5. The van der Waals surface area contributed by atoms with Gasteiger partial charge in [-0.2, -0.15) is 0 Å². The van der Waals surface area contributed by atoms with Crippen molar-refractivity contribution in [1.82, 2.24) is 0 Å². The molecule has 0 atom stereocenters. The third-order valence-electron chi connectivity index (χ3n) is 4.40. The summed E-state index contributed by atoms with van der Waals surface area (Å²) >= 11 is 0. The molecule has 0 amide bonds. The van der Waals surface area contributed by atoms with Crippen LogP contribution >= 0.6 is 0 Å². The van der Waals surface area contributed by atoms with Crippen LogP contribution in [0, 0.1) is 6.92 Å². The standard InChI is InChI=1S/C26H24/c1-4-9-21(10-5-2)24-17-25(22-11-7-6-8-12-22)19-26(18-24)23-15-13-20(3)14-16-23/h4-19H,1H2,2-3H3. The van der Waals surface area contributed by atoms with Crippen LogP contribution in [0.4, 0.5) is 0 Å². The largest absolute Gasteiger partial charge is 0.0990 e. The number of rotatable bonds is 5. The summed E-state index contributed by atoms with van der Waals surface area (Å²) in [6.45, 7) is 8.03. The zero-order valence-corrected chi connectivity index (χ0v) is 15.4. The zero-order valence-electron chi connectivity index (χ0n) is 15.4. The maximum atomic E-state index is 3.87. The minimum Gasteiger partial charge on any atom is -0.0990 e. The Labute approximate surface area is 156 Å². The van der Waals surface area contributed by atoms with Crippen molar-refractivity contribution in [2.75, 3.05) is 0 Å². The van der Waals surface area contributed by atoms with Crippen molar-refractivity contribution >= 4 is 5.57 Å². The highest BCUT2D eigenvalue weighted by molar-refractivity contribution is 5.83. The minimum absolute atomic E-state index is 1.16. The van der Waals surface area contributed by atoms with Crippen molar-refractivity contribution < 1.29 is 0 Å².